The number of carbonyl (C=O) groups is 2. The summed E-state index contributed by atoms with van der Waals surface area (Å²) in [6.07, 6.45) is 0. The van der Waals surface area contributed by atoms with Crippen molar-refractivity contribution in [2.24, 2.45) is 5.73 Å². The van der Waals surface area contributed by atoms with Crippen LogP contribution in [0.1, 0.15) is 32.3 Å². The Labute approximate surface area is 152 Å². The quantitative estimate of drug-likeness (QED) is 0.748. The molecule has 0 saturated carbocycles. The van der Waals surface area contributed by atoms with Gasteiger partial charge in [-0.3, -0.25) is 0 Å². The first kappa shape index (κ1) is 19.4. The molecule has 7 nitrogen and oxygen atoms in total. The summed E-state index contributed by atoms with van der Waals surface area (Å²) in [5.41, 5.74) is 7.70. The highest BCUT2D eigenvalue weighted by atomic mass is 16.5. The average Bonchev–Trinajstić information content (AvgIpc) is 2.61. The fraction of sp³-hybridized carbons (Fsp3) is 0.368. The van der Waals surface area contributed by atoms with Crippen LogP contribution in [0.15, 0.2) is 46.9 Å². The number of rotatable bonds is 6. The molecular weight excluding hydrogens is 336 g/mol. The van der Waals surface area contributed by atoms with Crippen molar-refractivity contribution in [3.63, 3.8) is 0 Å². The first-order valence-electron chi connectivity index (χ1n) is 8.40. The van der Waals surface area contributed by atoms with Crippen LogP contribution in [0, 0.1) is 0 Å². The van der Waals surface area contributed by atoms with Crippen molar-refractivity contribution in [3.8, 4) is 5.75 Å². The smallest absolute Gasteiger partial charge is 0.338 e. The molecule has 0 radical (unpaired) electrons. The zero-order chi connectivity index (χ0) is 19.3. The maximum Gasteiger partial charge on any atom is 0.338 e. The lowest BCUT2D eigenvalue weighted by Crippen LogP contribution is -2.36. The summed E-state index contributed by atoms with van der Waals surface area (Å²) < 4.78 is 15.8. The van der Waals surface area contributed by atoms with Crippen LogP contribution in [-0.4, -0.2) is 32.3 Å². The number of hydrogen-bond acceptors (Lipinski definition) is 7. The fourth-order valence-electron chi connectivity index (χ4n) is 2.99. The molecule has 0 fully saturated rings. The third-order valence-electron chi connectivity index (χ3n) is 4.03. The minimum absolute atomic E-state index is 0.143. The number of carbonyl (C=O) groups excluding carboxylic acids is 2. The van der Waals surface area contributed by atoms with E-state index in [1.807, 2.05) is 0 Å². The number of ether oxygens (including phenoxy) is 3. The Hall–Kier alpha value is -2.96. The van der Waals surface area contributed by atoms with Gasteiger partial charge in [-0.05, 0) is 26.8 Å². The Bertz CT molecular complexity index is 727. The number of allylic oxidation sites excluding steroid dienone is 1. The highest BCUT2D eigenvalue weighted by molar-refractivity contribution is 6.00. The van der Waals surface area contributed by atoms with E-state index in [-0.39, 0.29) is 24.6 Å². The van der Waals surface area contributed by atoms with Crippen LogP contribution in [0.3, 0.4) is 0 Å². The molecule has 1 unspecified atom stereocenters. The van der Waals surface area contributed by atoms with E-state index in [1.165, 1.54) is 7.11 Å². The van der Waals surface area contributed by atoms with Crippen molar-refractivity contribution in [2.45, 2.75) is 26.7 Å². The molecule has 26 heavy (non-hydrogen) atoms. The minimum Gasteiger partial charge on any atom is -0.496 e. The molecule has 2 rings (SSSR count). The van der Waals surface area contributed by atoms with Crippen LogP contribution in [0.4, 0.5) is 0 Å². The normalized spacial score (nSPS) is 16.8. The molecule has 0 amide bonds. The monoisotopic (exact) mass is 360 g/mol. The molecule has 1 aliphatic rings. The van der Waals surface area contributed by atoms with Crippen molar-refractivity contribution >= 4 is 11.9 Å². The fourth-order valence-corrected chi connectivity index (χ4v) is 2.99. The van der Waals surface area contributed by atoms with E-state index in [1.54, 1.807) is 45.0 Å². The standard InChI is InChI=1S/C19H24N2O5/c1-5-25-18(22)14-11(3)21-17(20)16(19(23)26-6-2)15(14)12-9-7-8-10-13(12)24-4/h7-10,15,21H,5-6,20H2,1-4H3. The van der Waals surface area contributed by atoms with Crippen molar-refractivity contribution in [1.82, 2.24) is 5.32 Å². The van der Waals surface area contributed by atoms with Crippen LogP contribution in [-0.2, 0) is 19.1 Å². The number of nitrogens with one attached hydrogen (secondary N) is 1. The number of dihydropyridines is 1. The predicted octanol–water partition coefficient (Wildman–Crippen LogP) is 1.95. The predicted molar refractivity (Wildman–Crippen MR) is 96.1 cm³/mol. The molecular formula is C19H24N2O5. The van der Waals surface area contributed by atoms with Gasteiger partial charge in [-0.15, -0.1) is 0 Å². The van der Waals surface area contributed by atoms with Gasteiger partial charge in [-0.2, -0.15) is 0 Å². The first-order chi connectivity index (χ1) is 12.5. The topological polar surface area (TPSA) is 99.9 Å². The van der Waals surface area contributed by atoms with Crippen LogP contribution in [0.2, 0.25) is 0 Å². The SMILES string of the molecule is CCOC(=O)C1=C(C)NC(N)=C(C(=O)OCC)C1c1ccccc1OC. The van der Waals surface area contributed by atoms with Gasteiger partial charge in [0.25, 0.3) is 0 Å². The highest BCUT2D eigenvalue weighted by Gasteiger charge is 2.39. The van der Waals surface area contributed by atoms with E-state index in [9.17, 15) is 9.59 Å². The molecule has 7 heteroatoms. The van der Waals surface area contributed by atoms with Gasteiger partial charge in [0.1, 0.15) is 11.6 Å². The average molecular weight is 360 g/mol. The van der Waals surface area contributed by atoms with Crippen LogP contribution in [0.25, 0.3) is 0 Å². The van der Waals surface area contributed by atoms with Crippen molar-refractivity contribution in [1.29, 1.82) is 0 Å². The second kappa shape index (κ2) is 8.42. The summed E-state index contributed by atoms with van der Waals surface area (Å²) in [6, 6.07) is 7.15. The Kier molecular flexibility index (Phi) is 6.27. The second-order valence-corrected chi connectivity index (χ2v) is 5.61. The van der Waals surface area contributed by atoms with Gasteiger partial charge >= 0.3 is 11.9 Å². The second-order valence-electron chi connectivity index (χ2n) is 5.61. The summed E-state index contributed by atoms with van der Waals surface area (Å²) in [7, 11) is 1.53. The van der Waals surface area contributed by atoms with E-state index in [0.29, 0.717) is 22.6 Å². The van der Waals surface area contributed by atoms with E-state index in [2.05, 4.69) is 5.32 Å². The lowest BCUT2D eigenvalue weighted by molar-refractivity contribution is -0.139. The number of hydrogen-bond donors (Lipinski definition) is 2. The number of benzene rings is 1. The van der Waals surface area contributed by atoms with Gasteiger partial charge in [0.15, 0.2) is 0 Å². The Morgan fingerprint density at radius 2 is 1.65 bits per heavy atom. The molecule has 1 aromatic carbocycles. The summed E-state index contributed by atoms with van der Waals surface area (Å²) in [6.45, 7) is 5.53. The van der Waals surface area contributed by atoms with Crippen LogP contribution in [0.5, 0.6) is 5.75 Å². The Balaban J connectivity index is 2.69. The number of para-hydroxylation sites is 1. The van der Waals surface area contributed by atoms with Gasteiger partial charge in [0.2, 0.25) is 0 Å². The van der Waals surface area contributed by atoms with E-state index in [4.69, 9.17) is 19.9 Å². The third kappa shape index (κ3) is 3.66. The minimum atomic E-state index is -0.759. The van der Waals surface area contributed by atoms with Crippen molar-refractivity contribution in [3.05, 3.63) is 52.5 Å². The summed E-state index contributed by atoms with van der Waals surface area (Å²) >= 11 is 0. The van der Waals surface area contributed by atoms with Crippen LogP contribution >= 0.6 is 0 Å². The van der Waals surface area contributed by atoms with Crippen LogP contribution < -0.4 is 15.8 Å². The molecule has 0 aromatic heterocycles. The largest absolute Gasteiger partial charge is 0.496 e. The van der Waals surface area contributed by atoms with E-state index in [0.717, 1.165) is 0 Å². The summed E-state index contributed by atoms with van der Waals surface area (Å²) in [5.74, 6) is -1.20. The molecule has 1 heterocycles. The highest BCUT2D eigenvalue weighted by Crippen LogP contribution is 2.41. The Morgan fingerprint density at radius 3 is 2.23 bits per heavy atom. The molecule has 1 aromatic rings. The third-order valence-corrected chi connectivity index (χ3v) is 4.03. The number of esters is 2. The van der Waals surface area contributed by atoms with Gasteiger partial charge in [-0.1, -0.05) is 18.2 Å². The number of methoxy groups -OCH3 is 1. The molecule has 3 N–H and O–H groups in total. The summed E-state index contributed by atoms with van der Waals surface area (Å²) in [4.78, 5) is 25.3. The molecule has 1 atom stereocenters. The summed E-state index contributed by atoms with van der Waals surface area (Å²) in [5, 5.41) is 2.89. The van der Waals surface area contributed by atoms with Gasteiger partial charge in [0, 0.05) is 11.3 Å². The molecule has 0 bridgehead atoms. The van der Waals surface area contributed by atoms with E-state index < -0.39 is 17.9 Å². The van der Waals surface area contributed by atoms with Crippen molar-refractivity contribution < 1.29 is 23.8 Å². The van der Waals surface area contributed by atoms with Gasteiger partial charge in [-0.25, -0.2) is 9.59 Å². The van der Waals surface area contributed by atoms with E-state index >= 15 is 0 Å². The Morgan fingerprint density at radius 1 is 1.08 bits per heavy atom. The van der Waals surface area contributed by atoms with Crippen molar-refractivity contribution in [2.75, 3.05) is 20.3 Å². The van der Waals surface area contributed by atoms with Gasteiger partial charge < -0.3 is 25.3 Å². The molecule has 0 saturated heterocycles. The number of nitrogens with two attached hydrogens (primary N) is 1. The lowest BCUT2D eigenvalue weighted by atomic mass is 9.81. The zero-order valence-corrected chi connectivity index (χ0v) is 15.4. The van der Waals surface area contributed by atoms with Gasteiger partial charge in [0.05, 0.1) is 37.4 Å². The maximum atomic E-state index is 12.6. The zero-order valence-electron chi connectivity index (χ0n) is 15.4. The molecule has 140 valence electrons. The first-order valence-corrected chi connectivity index (χ1v) is 8.40. The molecule has 0 aliphatic carbocycles. The lowest BCUT2D eigenvalue weighted by Gasteiger charge is -2.30. The maximum absolute atomic E-state index is 12.6. The molecule has 0 spiro atoms. The molecule has 1 aliphatic heterocycles.